The van der Waals surface area contributed by atoms with Crippen molar-refractivity contribution in [1.29, 1.82) is 0 Å². The number of rotatable bonds is 4. The van der Waals surface area contributed by atoms with E-state index in [9.17, 15) is 31.2 Å². The van der Waals surface area contributed by atoms with Crippen LogP contribution in [0, 0.1) is 0 Å². The van der Waals surface area contributed by atoms with Crippen LogP contribution in [0.25, 0.3) is 10.9 Å². The number of carbonyl (C=O) groups excluding carboxylic acids is 1. The fraction of sp³-hybridized carbons (Fsp3) is 0.286. The summed E-state index contributed by atoms with van der Waals surface area (Å²) in [6.45, 7) is 1.15. The van der Waals surface area contributed by atoms with Crippen LogP contribution in [0.15, 0.2) is 29.2 Å². The van der Waals surface area contributed by atoms with Crippen molar-refractivity contribution < 1.29 is 31.1 Å². The minimum absolute atomic E-state index is 0.161. The van der Waals surface area contributed by atoms with Crippen molar-refractivity contribution in [2.75, 3.05) is 11.6 Å². The fourth-order valence-electron chi connectivity index (χ4n) is 1.96. The SMILES string of the molecule is CC(C(=O)Nc1c[nH]c2c(OC(F)(F)F)cccc2c1=O)S(C)(=O)=O. The molecule has 0 fully saturated rings. The molecule has 0 bridgehead atoms. The summed E-state index contributed by atoms with van der Waals surface area (Å²) in [6, 6.07) is 3.45. The minimum Gasteiger partial charge on any atom is -0.404 e. The molecule has 0 aliphatic heterocycles. The number of fused-ring (bicyclic) bond motifs is 1. The number of carbonyl (C=O) groups is 1. The van der Waals surface area contributed by atoms with Crippen molar-refractivity contribution in [2.24, 2.45) is 0 Å². The number of H-pyrrole nitrogens is 1. The summed E-state index contributed by atoms with van der Waals surface area (Å²) in [7, 11) is -3.67. The molecule has 0 aliphatic rings. The van der Waals surface area contributed by atoms with Gasteiger partial charge in [0.05, 0.1) is 10.9 Å². The number of anilines is 1. The maximum atomic E-state index is 12.4. The van der Waals surface area contributed by atoms with Gasteiger partial charge in [0.15, 0.2) is 15.6 Å². The standard InChI is InChI=1S/C14H13F3N2O5S/c1-7(25(2,22)23)13(21)19-9-6-18-11-8(12(9)20)4-3-5-10(11)24-14(15,16)17/h3-7H,1-2H3,(H,18,20)(H,19,21). The number of pyridine rings is 1. The summed E-state index contributed by atoms with van der Waals surface area (Å²) in [5, 5.41) is 0.590. The molecule has 0 radical (unpaired) electrons. The molecule has 0 saturated carbocycles. The van der Waals surface area contributed by atoms with E-state index in [1.54, 1.807) is 0 Å². The van der Waals surface area contributed by atoms with E-state index in [0.29, 0.717) is 0 Å². The van der Waals surface area contributed by atoms with Crippen LogP contribution in [-0.4, -0.2) is 37.2 Å². The van der Waals surface area contributed by atoms with Crippen LogP contribution < -0.4 is 15.5 Å². The second-order valence-corrected chi connectivity index (χ2v) is 7.59. The molecule has 2 N–H and O–H groups in total. The molecule has 1 atom stereocenters. The Hall–Kier alpha value is -2.56. The summed E-state index contributed by atoms with van der Waals surface area (Å²) in [5.41, 5.74) is -1.29. The molecule has 1 aromatic carbocycles. The number of hydrogen-bond donors (Lipinski definition) is 2. The minimum atomic E-state index is -4.94. The Kier molecular flexibility index (Phi) is 4.80. The Balaban J connectivity index is 2.44. The normalized spacial score (nSPS) is 13.5. The van der Waals surface area contributed by atoms with Gasteiger partial charge in [-0.05, 0) is 19.1 Å². The number of ether oxygens (including phenoxy) is 1. The highest BCUT2D eigenvalue weighted by Gasteiger charge is 2.32. The lowest BCUT2D eigenvalue weighted by atomic mass is 10.2. The number of halogens is 3. The van der Waals surface area contributed by atoms with Crippen molar-refractivity contribution in [3.63, 3.8) is 0 Å². The molecule has 0 aliphatic carbocycles. The van der Waals surface area contributed by atoms with Gasteiger partial charge in [-0.3, -0.25) is 9.59 Å². The molecule has 0 spiro atoms. The Labute approximate surface area is 139 Å². The highest BCUT2D eigenvalue weighted by molar-refractivity contribution is 7.92. The molecule has 25 heavy (non-hydrogen) atoms. The van der Waals surface area contributed by atoms with Crippen molar-refractivity contribution in [2.45, 2.75) is 18.5 Å². The first-order valence-electron chi connectivity index (χ1n) is 6.80. The number of benzene rings is 1. The van der Waals surface area contributed by atoms with Crippen molar-refractivity contribution in [3.8, 4) is 5.75 Å². The first kappa shape index (κ1) is 18.8. The number of amides is 1. The molecular weight excluding hydrogens is 365 g/mol. The van der Waals surface area contributed by atoms with E-state index in [4.69, 9.17) is 0 Å². The Morgan fingerprint density at radius 2 is 1.96 bits per heavy atom. The van der Waals surface area contributed by atoms with Gasteiger partial charge >= 0.3 is 6.36 Å². The monoisotopic (exact) mass is 378 g/mol. The fourth-order valence-corrected chi connectivity index (χ4v) is 2.40. The summed E-state index contributed by atoms with van der Waals surface area (Å²) in [5.74, 6) is -1.54. The second kappa shape index (κ2) is 6.39. The van der Waals surface area contributed by atoms with E-state index in [2.05, 4.69) is 15.0 Å². The van der Waals surface area contributed by atoms with E-state index >= 15 is 0 Å². The molecule has 11 heteroatoms. The molecule has 7 nitrogen and oxygen atoms in total. The van der Waals surface area contributed by atoms with Gasteiger partial charge in [0.1, 0.15) is 10.9 Å². The van der Waals surface area contributed by atoms with Gasteiger partial charge in [0.2, 0.25) is 11.3 Å². The van der Waals surface area contributed by atoms with E-state index in [1.165, 1.54) is 12.1 Å². The molecule has 1 amide bonds. The second-order valence-electron chi connectivity index (χ2n) is 5.22. The highest BCUT2D eigenvalue weighted by Crippen LogP contribution is 2.28. The van der Waals surface area contributed by atoms with Crippen molar-refractivity contribution in [3.05, 3.63) is 34.6 Å². The molecule has 136 valence electrons. The van der Waals surface area contributed by atoms with Gasteiger partial charge < -0.3 is 15.0 Å². The lowest BCUT2D eigenvalue weighted by Gasteiger charge is -2.13. The summed E-state index contributed by atoms with van der Waals surface area (Å²) in [6.07, 6.45) is -3.10. The third kappa shape index (κ3) is 4.29. The quantitative estimate of drug-likeness (QED) is 0.844. The zero-order chi connectivity index (χ0) is 19.0. The lowest BCUT2D eigenvalue weighted by molar-refractivity contribution is -0.274. The number of hydrogen-bond acceptors (Lipinski definition) is 5. The van der Waals surface area contributed by atoms with E-state index in [0.717, 1.165) is 25.4 Å². The van der Waals surface area contributed by atoms with Crippen LogP contribution in [0.5, 0.6) is 5.75 Å². The molecule has 1 heterocycles. The van der Waals surface area contributed by atoms with Crippen molar-refractivity contribution >= 4 is 32.3 Å². The smallest absolute Gasteiger partial charge is 0.404 e. The number of aromatic amines is 1. The van der Waals surface area contributed by atoms with Gasteiger partial charge in [-0.2, -0.15) is 0 Å². The van der Waals surface area contributed by atoms with Crippen LogP contribution in [-0.2, 0) is 14.6 Å². The van der Waals surface area contributed by atoms with Gasteiger partial charge in [-0.1, -0.05) is 6.07 Å². The summed E-state index contributed by atoms with van der Waals surface area (Å²) in [4.78, 5) is 26.7. The van der Waals surface area contributed by atoms with E-state index in [-0.39, 0.29) is 16.6 Å². The highest BCUT2D eigenvalue weighted by atomic mass is 32.2. The Morgan fingerprint density at radius 3 is 2.52 bits per heavy atom. The third-order valence-electron chi connectivity index (χ3n) is 3.37. The Bertz CT molecular complexity index is 982. The molecule has 2 rings (SSSR count). The molecule has 1 unspecified atom stereocenters. The van der Waals surface area contributed by atoms with Crippen LogP contribution in [0.4, 0.5) is 18.9 Å². The molecule has 0 saturated heterocycles. The number of sulfone groups is 1. The summed E-state index contributed by atoms with van der Waals surface area (Å²) >= 11 is 0. The first-order valence-corrected chi connectivity index (χ1v) is 8.75. The van der Waals surface area contributed by atoms with Crippen molar-refractivity contribution in [1.82, 2.24) is 4.98 Å². The Morgan fingerprint density at radius 1 is 1.32 bits per heavy atom. The predicted molar refractivity (Wildman–Crippen MR) is 84.2 cm³/mol. The molecular formula is C14H13F3N2O5S. The van der Waals surface area contributed by atoms with Gasteiger partial charge in [0, 0.05) is 12.5 Å². The van der Waals surface area contributed by atoms with Crippen LogP contribution in [0.1, 0.15) is 6.92 Å². The third-order valence-corrected chi connectivity index (χ3v) is 4.87. The predicted octanol–water partition coefficient (Wildman–Crippen LogP) is 1.80. The maximum Gasteiger partial charge on any atom is 0.573 e. The van der Waals surface area contributed by atoms with Crippen LogP contribution in [0.3, 0.4) is 0 Å². The zero-order valence-corrected chi connectivity index (χ0v) is 13.8. The van der Waals surface area contributed by atoms with Crippen LogP contribution in [0.2, 0.25) is 0 Å². The number of alkyl halides is 3. The van der Waals surface area contributed by atoms with Gasteiger partial charge in [-0.25, -0.2) is 8.42 Å². The average Bonchev–Trinajstić information content (AvgIpc) is 2.47. The number of para-hydroxylation sites is 1. The number of nitrogens with one attached hydrogen (secondary N) is 2. The zero-order valence-electron chi connectivity index (χ0n) is 13.0. The first-order chi connectivity index (χ1) is 11.4. The maximum absolute atomic E-state index is 12.4. The van der Waals surface area contributed by atoms with Gasteiger partial charge in [0.25, 0.3) is 0 Å². The topological polar surface area (TPSA) is 105 Å². The number of aromatic nitrogens is 1. The molecule has 1 aromatic heterocycles. The average molecular weight is 378 g/mol. The van der Waals surface area contributed by atoms with Crippen LogP contribution >= 0.6 is 0 Å². The van der Waals surface area contributed by atoms with E-state index in [1.807, 2.05) is 0 Å². The lowest BCUT2D eigenvalue weighted by Crippen LogP contribution is -2.33. The summed E-state index contributed by atoms with van der Waals surface area (Å²) < 4.78 is 63.8. The molecule has 2 aromatic rings. The van der Waals surface area contributed by atoms with E-state index < -0.39 is 38.5 Å². The largest absolute Gasteiger partial charge is 0.573 e. The van der Waals surface area contributed by atoms with Gasteiger partial charge in [-0.15, -0.1) is 13.2 Å².